The first-order valence-electron chi connectivity index (χ1n) is 8.25. The van der Waals surface area contributed by atoms with E-state index in [2.05, 4.69) is 15.4 Å². The molecule has 2 aromatic heterocycles. The van der Waals surface area contributed by atoms with Crippen LogP contribution in [-0.4, -0.2) is 20.7 Å². The Morgan fingerprint density at radius 2 is 1.74 bits per heavy atom. The van der Waals surface area contributed by atoms with E-state index in [1.54, 1.807) is 4.68 Å². The lowest BCUT2D eigenvalue weighted by Gasteiger charge is -2.03. The van der Waals surface area contributed by atoms with Gasteiger partial charge in [0.1, 0.15) is 5.82 Å². The molecule has 2 aromatic carbocycles. The Labute approximate surface area is 165 Å². The van der Waals surface area contributed by atoms with E-state index in [1.807, 2.05) is 66.0 Å². The quantitative estimate of drug-likeness (QED) is 0.512. The van der Waals surface area contributed by atoms with Gasteiger partial charge in [-0.15, -0.1) is 11.3 Å². The SMILES string of the molecule is CC(=O)Nc1cc(-c2ccccc2)nn1-c1nc(-c2ccc(Cl)cc2)cs1. The van der Waals surface area contributed by atoms with Crippen LogP contribution in [0.4, 0.5) is 5.82 Å². The van der Waals surface area contributed by atoms with Crippen LogP contribution in [0, 0.1) is 0 Å². The second-order valence-electron chi connectivity index (χ2n) is 5.90. The average Bonchev–Trinajstić information content (AvgIpc) is 3.30. The third kappa shape index (κ3) is 3.77. The number of thiazole rings is 1. The molecule has 7 heteroatoms. The third-order valence-electron chi connectivity index (χ3n) is 3.90. The topological polar surface area (TPSA) is 59.8 Å². The van der Waals surface area contributed by atoms with Crippen LogP contribution in [0.1, 0.15) is 6.92 Å². The van der Waals surface area contributed by atoms with E-state index in [1.165, 1.54) is 18.3 Å². The molecular formula is C20H15ClN4OS. The van der Waals surface area contributed by atoms with Crippen LogP contribution in [0.25, 0.3) is 27.6 Å². The molecule has 0 unspecified atom stereocenters. The van der Waals surface area contributed by atoms with Crippen molar-refractivity contribution < 1.29 is 4.79 Å². The summed E-state index contributed by atoms with van der Waals surface area (Å²) in [6.07, 6.45) is 0. The van der Waals surface area contributed by atoms with E-state index in [0.717, 1.165) is 22.5 Å². The van der Waals surface area contributed by atoms with Gasteiger partial charge in [-0.2, -0.15) is 9.78 Å². The van der Waals surface area contributed by atoms with Crippen LogP contribution in [0.2, 0.25) is 5.02 Å². The largest absolute Gasteiger partial charge is 0.311 e. The van der Waals surface area contributed by atoms with Gasteiger partial charge in [0.25, 0.3) is 0 Å². The van der Waals surface area contributed by atoms with Crippen molar-refractivity contribution >= 4 is 34.7 Å². The van der Waals surface area contributed by atoms with Crippen LogP contribution >= 0.6 is 22.9 Å². The molecule has 27 heavy (non-hydrogen) atoms. The lowest BCUT2D eigenvalue weighted by Crippen LogP contribution is -2.10. The lowest BCUT2D eigenvalue weighted by atomic mass is 10.2. The summed E-state index contributed by atoms with van der Waals surface area (Å²) in [7, 11) is 0. The molecule has 0 spiro atoms. The van der Waals surface area contributed by atoms with Crippen LogP contribution < -0.4 is 5.32 Å². The molecule has 0 fully saturated rings. The monoisotopic (exact) mass is 394 g/mol. The van der Waals surface area contributed by atoms with Crippen molar-refractivity contribution in [3.05, 3.63) is 71.1 Å². The maximum Gasteiger partial charge on any atom is 0.222 e. The van der Waals surface area contributed by atoms with Crippen LogP contribution in [0.5, 0.6) is 0 Å². The molecule has 5 nitrogen and oxygen atoms in total. The summed E-state index contributed by atoms with van der Waals surface area (Å²) in [5.41, 5.74) is 3.54. The maximum absolute atomic E-state index is 11.6. The van der Waals surface area contributed by atoms with Crippen molar-refractivity contribution in [1.82, 2.24) is 14.8 Å². The molecule has 0 atom stereocenters. The molecule has 0 saturated heterocycles. The van der Waals surface area contributed by atoms with Crippen molar-refractivity contribution in [1.29, 1.82) is 0 Å². The number of nitrogens with one attached hydrogen (secondary N) is 1. The van der Waals surface area contributed by atoms with Crippen molar-refractivity contribution in [2.75, 3.05) is 5.32 Å². The number of nitrogens with zero attached hydrogens (tertiary/aromatic N) is 3. The normalized spacial score (nSPS) is 10.7. The minimum atomic E-state index is -0.162. The molecule has 134 valence electrons. The van der Waals surface area contributed by atoms with Crippen LogP contribution in [0.15, 0.2) is 66.0 Å². The number of hydrogen-bond donors (Lipinski definition) is 1. The molecule has 0 bridgehead atoms. The smallest absolute Gasteiger partial charge is 0.222 e. The number of carbonyl (C=O) groups is 1. The van der Waals surface area contributed by atoms with Gasteiger partial charge in [0.05, 0.1) is 11.4 Å². The zero-order chi connectivity index (χ0) is 18.8. The number of halogens is 1. The predicted octanol–water partition coefficient (Wildman–Crippen LogP) is 5.27. The zero-order valence-corrected chi connectivity index (χ0v) is 16.0. The summed E-state index contributed by atoms with van der Waals surface area (Å²) in [5, 5.41) is 10.8. The fraction of sp³-hybridized carbons (Fsp3) is 0.0500. The summed E-state index contributed by atoms with van der Waals surface area (Å²) in [6, 6.07) is 19.2. The summed E-state index contributed by atoms with van der Waals surface area (Å²) < 4.78 is 1.66. The first-order valence-corrected chi connectivity index (χ1v) is 9.51. The summed E-state index contributed by atoms with van der Waals surface area (Å²) in [5.74, 6) is 0.420. The van der Waals surface area contributed by atoms with Gasteiger partial charge in [-0.3, -0.25) is 4.79 Å². The second kappa shape index (κ2) is 7.34. The van der Waals surface area contributed by atoms with E-state index >= 15 is 0 Å². The molecule has 2 heterocycles. The van der Waals surface area contributed by atoms with Gasteiger partial charge in [-0.1, -0.05) is 54.1 Å². The summed E-state index contributed by atoms with van der Waals surface area (Å²) in [4.78, 5) is 16.3. The van der Waals surface area contributed by atoms with Crippen molar-refractivity contribution in [2.24, 2.45) is 0 Å². The fourth-order valence-electron chi connectivity index (χ4n) is 2.66. The molecule has 0 aliphatic heterocycles. The van der Waals surface area contributed by atoms with E-state index in [4.69, 9.17) is 11.6 Å². The number of benzene rings is 2. The zero-order valence-electron chi connectivity index (χ0n) is 14.4. The second-order valence-corrected chi connectivity index (χ2v) is 7.17. The first-order chi connectivity index (χ1) is 13.1. The summed E-state index contributed by atoms with van der Waals surface area (Å²) >= 11 is 7.41. The van der Waals surface area contributed by atoms with Gasteiger partial charge in [-0.05, 0) is 12.1 Å². The third-order valence-corrected chi connectivity index (χ3v) is 4.96. The molecule has 0 radical (unpaired) electrons. The number of amides is 1. The van der Waals surface area contributed by atoms with Gasteiger partial charge >= 0.3 is 0 Å². The Morgan fingerprint density at radius 1 is 1.04 bits per heavy atom. The number of carbonyl (C=O) groups excluding carboxylic acids is 1. The highest BCUT2D eigenvalue weighted by Crippen LogP contribution is 2.29. The predicted molar refractivity (Wildman–Crippen MR) is 109 cm³/mol. The number of aromatic nitrogens is 3. The number of anilines is 1. The molecule has 4 aromatic rings. The average molecular weight is 395 g/mol. The molecule has 4 rings (SSSR count). The van der Waals surface area contributed by atoms with Crippen molar-refractivity contribution in [2.45, 2.75) is 6.92 Å². The van der Waals surface area contributed by atoms with Crippen molar-refractivity contribution in [3.63, 3.8) is 0 Å². The van der Waals surface area contributed by atoms with Crippen molar-refractivity contribution in [3.8, 4) is 27.6 Å². The Hall–Kier alpha value is -2.96. The van der Waals surface area contributed by atoms with Gasteiger partial charge in [0, 0.05) is 34.5 Å². The highest BCUT2D eigenvalue weighted by atomic mass is 35.5. The molecule has 0 aliphatic carbocycles. The van der Waals surface area contributed by atoms with Crippen LogP contribution in [0.3, 0.4) is 0 Å². The standard InChI is InChI=1S/C20H15ClN4OS/c1-13(26)22-19-11-17(14-5-3-2-4-6-14)24-25(19)20-23-18(12-27-20)15-7-9-16(21)10-8-15/h2-12H,1H3,(H,22,26). The maximum atomic E-state index is 11.6. The Morgan fingerprint density at radius 3 is 2.44 bits per heavy atom. The van der Waals surface area contributed by atoms with E-state index in [-0.39, 0.29) is 5.91 Å². The van der Waals surface area contributed by atoms with Crippen LogP contribution in [-0.2, 0) is 4.79 Å². The van der Waals surface area contributed by atoms with E-state index in [9.17, 15) is 4.79 Å². The minimum Gasteiger partial charge on any atom is -0.311 e. The van der Waals surface area contributed by atoms with Gasteiger partial charge in [-0.25, -0.2) is 4.98 Å². The Balaban J connectivity index is 1.75. The number of rotatable bonds is 4. The highest BCUT2D eigenvalue weighted by Gasteiger charge is 2.15. The molecule has 0 aliphatic rings. The van der Waals surface area contributed by atoms with Gasteiger partial charge in [0.15, 0.2) is 0 Å². The van der Waals surface area contributed by atoms with E-state index in [0.29, 0.717) is 16.0 Å². The van der Waals surface area contributed by atoms with E-state index < -0.39 is 0 Å². The highest BCUT2D eigenvalue weighted by molar-refractivity contribution is 7.12. The number of hydrogen-bond acceptors (Lipinski definition) is 4. The molecular weight excluding hydrogens is 380 g/mol. The molecule has 1 N–H and O–H groups in total. The fourth-order valence-corrected chi connectivity index (χ4v) is 3.58. The Kier molecular flexibility index (Phi) is 4.75. The van der Waals surface area contributed by atoms with Gasteiger partial charge < -0.3 is 5.32 Å². The lowest BCUT2D eigenvalue weighted by molar-refractivity contribution is -0.114. The molecule has 0 saturated carbocycles. The minimum absolute atomic E-state index is 0.162. The Bertz CT molecular complexity index is 1090. The first kappa shape index (κ1) is 17.5. The van der Waals surface area contributed by atoms with Gasteiger partial charge in [0.2, 0.25) is 11.0 Å². The molecule has 1 amide bonds. The summed E-state index contributed by atoms with van der Waals surface area (Å²) in [6.45, 7) is 1.47.